The maximum atomic E-state index is 12.4. The second-order valence-electron chi connectivity index (χ2n) is 5.17. The van der Waals surface area contributed by atoms with Crippen LogP contribution in [-0.2, 0) is 0 Å². The zero-order valence-electron chi connectivity index (χ0n) is 13.3. The number of hydrogen-bond donors (Lipinski definition) is 1. The molecule has 0 saturated carbocycles. The maximum absolute atomic E-state index is 12.4. The summed E-state index contributed by atoms with van der Waals surface area (Å²) in [6, 6.07) is 13.5. The number of thioether (sulfide) groups is 1. The monoisotopic (exact) mass is 315 g/mol. The van der Waals surface area contributed by atoms with Gasteiger partial charge in [0.15, 0.2) is 0 Å². The van der Waals surface area contributed by atoms with Gasteiger partial charge in [-0.3, -0.25) is 4.79 Å². The molecule has 2 aromatic carbocycles. The van der Waals surface area contributed by atoms with Gasteiger partial charge in [0.25, 0.3) is 5.91 Å². The number of carbonyl (C=O) groups excluding carboxylic acids is 1. The number of ether oxygens (including phenoxy) is 1. The molecule has 4 heteroatoms. The fourth-order valence-corrected chi connectivity index (χ4v) is 2.70. The molecule has 0 aliphatic rings. The van der Waals surface area contributed by atoms with Crippen LogP contribution >= 0.6 is 11.8 Å². The Labute approximate surface area is 136 Å². The molecule has 116 valence electrons. The lowest BCUT2D eigenvalue weighted by Gasteiger charge is -2.18. The normalized spacial score (nSPS) is 11.8. The molecule has 0 heterocycles. The summed E-state index contributed by atoms with van der Waals surface area (Å²) in [5.41, 5.74) is 2.79. The number of rotatable bonds is 5. The van der Waals surface area contributed by atoms with E-state index in [4.69, 9.17) is 4.74 Å². The van der Waals surface area contributed by atoms with Crippen LogP contribution in [0.3, 0.4) is 0 Å². The number of hydrogen-bond acceptors (Lipinski definition) is 3. The van der Waals surface area contributed by atoms with Crippen LogP contribution < -0.4 is 10.1 Å². The van der Waals surface area contributed by atoms with Gasteiger partial charge in [-0.2, -0.15) is 0 Å². The van der Waals surface area contributed by atoms with Gasteiger partial charge in [0, 0.05) is 16.0 Å². The first kappa shape index (κ1) is 16.4. The molecule has 1 atom stereocenters. The van der Waals surface area contributed by atoms with E-state index in [-0.39, 0.29) is 11.9 Å². The molecule has 0 aliphatic carbocycles. The van der Waals surface area contributed by atoms with Crippen molar-refractivity contribution in [1.29, 1.82) is 0 Å². The second-order valence-corrected chi connectivity index (χ2v) is 6.05. The zero-order chi connectivity index (χ0) is 16.1. The molecule has 0 unspecified atom stereocenters. The van der Waals surface area contributed by atoms with Crippen LogP contribution in [0, 0.1) is 6.92 Å². The summed E-state index contributed by atoms with van der Waals surface area (Å²) in [6.45, 7) is 3.99. The quantitative estimate of drug-likeness (QED) is 0.840. The molecular formula is C18H21NO2S. The lowest BCUT2D eigenvalue weighted by atomic mass is 10.0. The standard InChI is InChI=1S/C18H21NO2S/c1-12-5-10-17(21-3)16(11-12)13(2)19-18(20)14-6-8-15(22-4)9-7-14/h5-11,13H,1-4H3,(H,19,20)/t13-/m0/s1. The Morgan fingerprint density at radius 3 is 2.45 bits per heavy atom. The van der Waals surface area contributed by atoms with Crippen molar-refractivity contribution in [2.75, 3.05) is 13.4 Å². The SMILES string of the molecule is COc1ccc(C)cc1[C@H](C)NC(=O)c1ccc(SC)cc1. The highest BCUT2D eigenvalue weighted by molar-refractivity contribution is 7.98. The van der Waals surface area contributed by atoms with E-state index in [1.165, 1.54) is 0 Å². The van der Waals surface area contributed by atoms with Gasteiger partial charge in [0.1, 0.15) is 5.75 Å². The van der Waals surface area contributed by atoms with E-state index >= 15 is 0 Å². The van der Waals surface area contributed by atoms with Gasteiger partial charge in [-0.25, -0.2) is 0 Å². The van der Waals surface area contributed by atoms with Crippen molar-refractivity contribution in [2.24, 2.45) is 0 Å². The summed E-state index contributed by atoms with van der Waals surface area (Å²) in [5.74, 6) is 0.708. The van der Waals surface area contributed by atoms with Gasteiger partial charge in [0.2, 0.25) is 0 Å². The Morgan fingerprint density at radius 2 is 1.86 bits per heavy atom. The Kier molecular flexibility index (Phi) is 5.50. The maximum Gasteiger partial charge on any atom is 0.251 e. The topological polar surface area (TPSA) is 38.3 Å². The Balaban J connectivity index is 2.15. The van der Waals surface area contributed by atoms with E-state index in [9.17, 15) is 4.79 Å². The first-order valence-corrected chi connectivity index (χ1v) is 8.37. The van der Waals surface area contributed by atoms with E-state index in [0.717, 1.165) is 21.8 Å². The van der Waals surface area contributed by atoms with Gasteiger partial charge >= 0.3 is 0 Å². The minimum absolute atomic E-state index is 0.0799. The minimum atomic E-state index is -0.123. The van der Waals surface area contributed by atoms with E-state index in [0.29, 0.717) is 5.56 Å². The largest absolute Gasteiger partial charge is 0.496 e. The Hall–Kier alpha value is -1.94. The molecule has 0 aliphatic heterocycles. The van der Waals surface area contributed by atoms with Gasteiger partial charge in [-0.1, -0.05) is 17.7 Å². The Morgan fingerprint density at radius 1 is 1.18 bits per heavy atom. The number of nitrogens with one attached hydrogen (secondary N) is 1. The van der Waals surface area contributed by atoms with Crippen LogP contribution in [0.5, 0.6) is 5.75 Å². The van der Waals surface area contributed by atoms with Crippen molar-refractivity contribution < 1.29 is 9.53 Å². The second kappa shape index (κ2) is 7.36. The third kappa shape index (κ3) is 3.83. The molecule has 3 nitrogen and oxygen atoms in total. The van der Waals surface area contributed by atoms with Crippen LogP contribution in [0.25, 0.3) is 0 Å². The lowest BCUT2D eigenvalue weighted by Crippen LogP contribution is -2.27. The molecule has 22 heavy (non-hydrogen) atoms. The van der Waals surface area contributed by atoms with Crippen molar-refractivity contribution in [3.63, 3.8) is 0 Å². The first-order valence-electron chi connectivity index (χ1n) is 7.14. The molecule has 0 aromatic heterocycles. The summed E-state index contributed by atoms with van der Waals surface area (Å²) in [5, 5.41) is 3.03. The smallest absolute Gasteiger partial charge is 0.251 e. The van der Waals surface area contributed by atoms with E-state index in [1.54, 1.807) is 18.9 Å². The van der Waals surface area contributed by atoms with E-state index in [2.05, 4.69) is 5.32 Å². The minimum Gasteiger partial charge on any atom is -0.496 e. The highest BCUT2D eigenvalue weighted by atomic mass is 32.2. The van der Waals surface area contributed by atoms with Crippen LogP contribution in [0.2, 0.25) is 0 Å². The van der Waals surface area contributed by atoms with Gasteiger partial charge in [-0.15, -0.1) is 11.8 Å². The highest BCUT2D eigenvalue weighted by Gasteiger charge is 2.15. The molecule has 1 amide bonds. The van der Waals surface area contributed by atoms with Crippen molar-refractivity contribution in [3.8, 4) is 5.75 Å². The Bertz CT molecular complexity index is 653. The summed E-state index contributed by atoms with van der Waals surface area (Å²) >= 11 is 1.66. The van der Waals surface area contributed by atoms with E-state index in [1.807, 2.05) is 62.6 Å². The molecule has 1 N–H and O–H groups in total. The predicted molar refractivity (Wildman–Crippen MR) is 91.8 cm³/mol. The summed E-state index contributed by atoms with van der Waals surface area (Å²) in [4.78, 5) is 13.5. The van der Waals surface area contributed by atoms with Crippen LogP contribution in [0.4, 0.5) is 0 Å². The van der Waals surface area contributed by atoms with Gasteiger partial charge < -0.3 is 10.1 Å². The molecule has 2 rings (SSSR count). The number of methoxy groups -OCH3 is 1. The summed E-state index contributed by atoms with van der Waals surface area (Å²) in [6.07, 6.45) is 2.02. The molecule has 2 aromatic rings. The first-order chi connectivity index (χ1) is 10.5. The van der Waals surface area contributed by atoms with Crippen molar-refractivity contribution in [1.82, 2.24) is 5.32 Å². The third-order valence-corrected chi connectivity index (χ3v) is 4.30. The van der Waals surface area contributed by atoms with E-state index < -0.39 is 0 Å². The zero-order valence-corrected chi connectivity index (χ0v) is 14.2. The number of amides is 1. The third-order valence-electron chi connectivity index (χ3n) is 3.55. The number of carbonyl (C=O) groups is 1. The van der Waals surface area contributed by atoms with Crippen molar-refractivity contribution in [3.05, 3.63) is 59.2 Å². The van der Waals surface area contributed by atoms with Crippen molar-refractivity contribution >= 4 is 17.7 Å². The van der Waals surface area contributed by atoms with Crippen LogP contribution in [-0.4, -0.2) is 19.3 Å². The predicted octanol–water partition coefficient (Wildman–Crippen LogP) is 4.22. The van der Waals surface area contributed by atoms with Crippen molar-refractivity contribution in [2.45, 2.75) is 24.8 Å². The van der Waals surface area contributed by atoms with Crippen LogP contribution in [0.1, 0.15) is 34.5 Å². The highest BCUT2D eigenvalue weighted by Crippen LogP contribution is 2.26. The number of benzene rings is 2. The lowest BCUT2D eigenvalue weighted by molar-refractivity contribution is 0.0939. The van der Waals surface area contributed by atoms with Gasteiger partial charge in [-0.05, 0) is 50.4 Å². The number of aryl methyl sites for hydroxylation is 1. The molecule has 0 fully saturated rings. The molecule has 0 saturated heterocycles. The fourth-order valence-electron chi connectivity index (χ4n) is 2.29. The fraction of sp³-hybridized carbons (Fsp3) is 0.278. The molecule has 0 radical (unpaired) electrons. The summed E-state index contributed by atoms with van der Waals surface area (Å²) in [7, 11) is 1.64. The summed E-state index contributed by atoms with van der Waals surface area (Å²) < 4.78 is 5.38. The molecule has 0 spiro atoms. The average Bonchev–Trinajstić information content (AvgIpc) is 2.54. The molecule has 0 bridgehead atoms. The van der Waals surface area contributed by atoms with Gasteiger partial charge in [0.05, 0.1) is 13.2 Å². The van der Waals surface area contributed by atoms with Crippen LogP contribution in [0.15, 0.2) is 47.4 Å². The molecular weight excluding hydrogens is 294 g/mol. The average molecular weight is 315 g/mol.